The summed E-state index contributed by atoms with van der Waals surface area (Å²) in [4.78, 5) is 12.0. The molecule has 4 heteroatoms. The van der Waals surface area contributed by atoms with Crippen LogP contribution in [0.15, 0.2) is 29.6 Å². The number of rotatable bonds is 4. The Hall–Kier alpha value is -0.870. The van der Waals surface area contributed by atoms with Gasteiger partial charge in [0.2, 0.25) is 0 Å². The van der Waals surface area contributed by atoms with Crippen molar-refractivity contribution in [2.75, 3.05) is 11.9 Å². The monoisotopic (exact) mass is 311 g/mol. The first-order chi connectivity index (χ1) is 8.22. The smallest absolute Gasteiger partial charge is 0.252 e. The number of hydrogen-bond donors (Lipinski definition) is 1. The molecule has 1 unspecified atom stereocenters. The van der Waals surface area contributed by atoms with Gasteiger partial charge in [-0.15, -0.1) is 11.3 Å². The third-order valence-corrected chi connectivity index (χ3v) is 4.67. The largest absolute Gasteiger partial charge is 0.352 e. The summed E-state index contributed by atoms with van der Waals surface area (Å²) in [5.74, 6) is 0.471. The van der Waals surface area contributed by atoms with E-state index in [1.807, 2.05) is 29.6 Å². The molecule has 1 aromatic carbocycles. The second-order valence-electron chi connectivity index (χ2n) is 4.12. The van der Waals surface area contributed by atoms with Crippen LogP contribution in [0.2, 0.25) is 0 Å². The zero-order valence-electron chi connectivity index (χ0n) is 9.57. The minimum Gasteiger partial charge on any atom is -0.352 e. The predicted octanol–water partition coefficient (Wildman–Crippen LogP) is 3.66. The fraction of sp³-hybridized carbons (Fsp3) is 0.308. The van der Waals surface area contributed by atoms with Gasteiger partial charge >= 0.3 is 0 Å². The molecule has 1 amide bonds. The Kier molecular flexibility index (Phi) is 4.18. The Morgan fingerprint density at radius 1 is 1.47 bits per heavy atom. The minimum absolute atomic E-state index is 0.0234. The van der Waals surface area contributed by atoms with Crippen LogP contribution in [0.3, 0.4) is 0 Å². The van der Waals surface area contributed by atoms with Crippen LogP contribution in [0.5, 0.6) is 0 Å². The van der Waals surface area contributed by atoms with E-state index >= 15 is 0 Å². The lowest BCUT2D eigenvalue weighted by atomic mass is 10.1. The highest BCUT2D eigenvalue weighted by molar-refractivity contribution is 9.09. The minimum atomic E-state index is 0.0234. The SMILES string of the molecule is CC(CBr)CNC(=O)c1csc2ccccc12. The maximum Gasteiger partial charge on any atom is 0.252 e. The van der Waals surface area contributed by atoms with E-state index in [1.54, 1.807) is 11.3 Å². The van der Waals surface area contributed by atoms with Gasteiger partial charge in [-0.05, 0) is 12.0 Å². The zero-order valence-corrected chi connectivity index (χ0v) is 12.0. The molecule has 17 heavy (non-hydrogen) atoms. The molecule has 0 fully saturated rings. The molecular formula is C13H14BrNOS. The molecular weight excluding hydrogens is 298 g/mol. The van der Waals surface area contributed by atoms with E-state index in [-0.39, 0.29) is 5.91 Å². The van der Waals surface area contributed by atoms with Crippen molar-refractivity contribution < 1.29 is 4.79 Å². The number of carbonyl (C=O) groups is 1. The number of halogens is 1. The number of amides is 1. The van der Waals surface area contributed by atoms with Crippen molar-refractivity contribution in [3.05, 3.63) is 35.2 Å². The van der Waals surface area contributed by atoms with E-state index < -0.39 is 0 Å². The van der Waals surface area contributed by atoms with E-state index in [0.29, 0.717) is 12.5 Å². The first-order valence-corrected chi connectivity index (χ1v) is 7.53. The molecule has 0 spiro atoms. The van der Waals surface area contributed by atoms with E-state index in [2.05, 4.69) is 28.2 Å². The van der Waals surface area contributed by atoms with Crippen molar-refractivity contribution in [1.82, 2.24) is 5.32 Å². The normalized spacial score (nSPS) is 12.6. The summed E-state index contributed by atoms with van der Waals surface area (Å²) in [7, 11) is 0. The molecule has 0 bridgehead atoms. The predicted molar refractivity (Wildman–Crippen MR) is 77.1 cm³/mol. The van der Waals surface area contributed by atoms with Crippen LogP contribution in [0, 0.1) is 5.92 Å². The lowest BCUT2D eigenvalue weighted by molar-refractivity contribution is 0.0951. The van der Waals surface area contributed by atoms with Crippen molar-refractivity contribution in [1.29, 1.82) is 0 Å². The molecule has 1 aromatic heterocycles. The summed E-state index contributed by atoms with van der Waals surface area (Å²) in [6.45, 7) is 2.80. The molecule has 0 saturated heterocycles. The number of nitrogens with one attached hydrogen (secondary N) is 1. The average molecular weight is 312 g/mol. The third-order valence-electron chi connectivity index (χ3n) is 2.60. The van der Waals surface area contributed by atoms with Gasteiger partial charge in [-0.1, -0.05) is 41.1 Å². The third kappa shape index (κ3) is 2.87. The number of alkyl halides is 1. The Morgan fingerprint density at radius 2 is 2.24 bits per heavy atom. The number of benzene rings is 1. The van der Waals surface area contributed by atoms with Crippen LogP contribution in [0.4, 0.5) is 0 Å². The highest BCUT2D eigenvalue weighted by Gasteiger charge is 2.12. The van der Waals surface area contributed by atoms with Crippen LogP contribution in [-0.2, 0) is 0 Å². The van der Waals surface area contributed by atoms with Gasteiger partial charge in [0.15, 0.2) is 0 Å². The molecule has 0 aliphatic carbocycles. The molecule has 1 heterocycles. The highest BCUT2D eigenvalue weighted by atomic mass is 79.9. The van der Waals surface area contributed by atoms with Gasteiger partial charge < -0.3 is 5.32 Å². The summed E-state index contributed by atoms with van der Waals surface area (Å²) in [6, 6.07) is 7.99. The molecule has 2 nitrogen and oxygen atoms in total. The lowest BCUT2D eigenvalue weighted by Gasteiger charge is -2.08. The molecule has 0 radical (unpaired) electrons. The van der Waals surface area contributed by atoms with Gasteiger partial charge in [-0.25, -0.2) is 0 Å². The molecule has 1 N–H and O–H groups in total. The fourth-order valence-corrected chi connectivity index (χ4v) is 2.74. The first kappa shape index (κ1) is 12.6. The Balaban J connectivity index is 2.14. The summed E-state index contributed by atoms with van der Waals surface area (Å²) in [5, 5.41) is 6.84. The van der Waals surface area contributed by atoms with Gasteiger partial charge in [0.25, 0.3) is 5.91 Å². The molecule has 2 aromatic rings. The van der Waals surface area contributed by atoms with Crippen LogP contribution in [-0.4, -0.2) is 17.8 Å². The average Bonchev–Trinajstić information content (AvgIpc) is 2.79. The van der Waals surface area contributed by atoms with Crippen LogP contribution >= 0.6 is 27.3 Å². The van der Waals surface area contributed by atoms with Gasteiger partial charge in [0, 0.05) is 27.3 Å². The maximum absolute atomic E-state index is 12.0. The van der Waals surface area contributed by atoms with Crippen molar-refractivity contribution >= 4 is 43.3 Å². The van der Waals surface area contributed by atoms with Gasteiger partial charge in [0.1, 0.15) is 0 Å². The van der Waals surface area contributed by atoms with Crippen LogP contribution in [0.1, 0.15) is 17.3 Å². The topological polar surface area (TPSA) is 29.1 Å². The summed E-state index contributed by atoms with van der Waals surface area (Å²) < 4.78 is 1.16. The van der Waals surface area contributed by atoms with Crippen molar-refractivity contribution in [2.24, 2.45) is 5.92 Å². The van der Waals surface area contributed by atoms with Gasteiger partial charge in [-0.2, -0.15) is 0 Å². The maximum atomic E-state index is 12.0. The van der Waals surface area contributed by atoms with E-state index in [9.17, 15) is 4.79 Å². The standard InChI is InChI=1S/C13H14BrNOS/c1-9(6-14)7-15-13(16)11-8-17-12-5-3-2-4-10(11)12/h2-5,8-9H,6-7H2,1H3,(H,15,16). The Bertz CT molecular complexity index is 523. The van der Waals surface area contributed by atoms with Gasteiger partial charge in [-0.3, -0.25) is 4.79 Å². The Morgan fingerprint density at radius 3 is 3.00 bits per heavy atom. The van der Waals surface area contributed by atoms with Crippen molar-refractivity contribution in [2.45, 2.75) is 6.92 Å². The number of carbonyl (C=O) groups excluding carboxylic acids is 1. The highest BCUT2D eigenvalue weighted by Crippen LogP contribution is 2.25. The molecule has 90 valence electrons. The molecule has 1 atom stereocenters. The second kappa shape index (κ2) is 5.65. The number of thiophene rings is 1. The van der Waals surface area contributed by atoms with Crippen LogP contribution < -0.4 is 5.32 Å². The fourth-order valence-electron chi connectivity index (χ4n) is 1.57. The molecule has 2 rings (SSSR count). The van der Waals surface area contributed by atoms with E-state index in [1.165, 1.54) is 0 Å². The lowest BCUT2D eigenvalue weighted by Crippen LogP contribution is -2.28. The molecule has 0 aliphatic rings. The summed E-state index contributed by atoms with van der Waals surface area (Å²) in [5.41, 5.74) is 0.785. The number of fused-ring (bicyclic) bond motifs is 1. The van der Waals surface area contributed by atoms with Crippen molar-refractivity contribution in [3.63, 3.8) is 0 Å². The number of hydrogen-bond acceptors (Lipinski definition) is 2. The summed E-state index contributed by atoms with van der Waals surface area (Å²) >= 11 is 5.02. The van der Waals surface area contributed by atoms with Crippen LogP contribution in [0.25, 0.3) is 10.1 Å². The van der Waals surface area contributed by atoms with Crippen molar-refractivity contribution in [3.8, 4) is 0 Å². The second-order valence-corrected chi connectivity index (χ2v) is 5.67. The quantitative estimate of drug-likeness (QED) is 0.858. The molecule has 0 aliphatic heterocycles. The Labute approximate surface area is 113 Å². The van der Waals surface area contributed by atoms with E-state index in [0.717, 1.165) is 21.0 Å². The summed E-state index contributed by atoms with van der Waals surface area (Å²) in [6.07, 6.45) is 0. The first-order valence-electron chi connectivity index (χ1n) is 5.52. The van der Waals surface area contributed by atoms with Gasteiger partial charge in [0.05, 0.1) is 5.56 Å². The van der Waals surface area contributed by atoms with E-state index in [4.69, 9.17) is 0 Å². The molecule has 0 saturated carbocycles. The zero-order chi connectivity index (χ0) is 12.3.